The number of hydrogen-bond acceptors (Lipinski definition) is 4. The number of esters is 1. The van der Waals surface area contributed by atoms with Crippen molar-refractivity contribution in [1.29, 1.82) is 0 Å². The second-order valence-corrected chi connectivity index (χ2v) is 6.26. The number of carbonyl (C=O) groups excluding carboxylic acids is 1. The van der Waals surface area contributed by atoms with Gasteiger partial charge in [-0.1, -0.05) is 20.8 Å². The Morgan fingerprint density at radius 2 is 1.69 bits per heavy atom. The van der Waals surface area contributed by atoms with E-state index in [9.17, 15) is 9.90 Å². The van der Waals surface area contributed by atoms with Gasteiger partial charge in [-0.3, -0.25) is 0 Å². The molecule has 0 bridgehead atoms. The van der Waals surface area contributed by atoms with Crippen LogP contribution in [0, 0.1) is 5.41 Å². The van der Waals surface area contributed by atoms with E-state index in [1.807, 2.05) is 20.8 Å². The first kappa shape index (κ1) is 15.4. The number of carbonyl (C=O) groups is 1. The number of aliphatic hydroxyl groups excluding tert-OH is 1. The monoisotopic (exact) mass is 231 g/mol. The highest BCUT2D eigenvalue weighted by Gasteiger charge is 2.29. The lowest BCUT2D eigenvalue weighted by Gasteiger charge is -2.29. The molecule has 0 aliphatic rings. The normalized spacial score (nSPS) is 16.8. The molecule has 4 heteroatoms. The van der Waals surface area contributed by atoms with Crippen molar-refractivity contribution in [2.45, 2.75) is 65.7 Å². The predicted molar refractivity (Wildman–Crippen MR) is 63.9 cm³/mol. The van der Waals surface area contributed by atoms with E-state index in [0.29, 0.717) is 0 Å². The minimum absolute atomic E-state index is 0.136. The van der Waals surface area contributed by atoms with Gasteiger partial charge in [-0.25, -0.2) is 4.79 Å². The van der Waals surface area contributed by atoms with Crippen molar-refractivity contribution >= 4 is 5.97 Å². The highest BCUT2D eigenvalue weighted by molar-refractivity contribution is 5.74. The zero-order valence-electron chi connectivity index (χ0n) is 11.2. The molecule has 0 spiro atoms. The third-order valence-electron chi connectivity index (χ3n) is 2.27. The van der Waals surface area contributed by atoms with E-state index in [1.54, 1.807) is 20.8 Å². The van der Waals surface area contributed by atoms with E-state index >= 15 is 0 Å². The van der Waals surface area contributed by atoms with Crippen LogP contribution >= 0.6 is 0 Å². The summed E-state index contributed by atoms with van der Waals surface area (Å²) in [5.74, 6) is -0.604. The molecular weight excluding hydrogens is 206 g/mol. The van der Waals surface area contributed by atoms with Crippen LogP contribution in [0.2, 0.25) is 0 Å². The fourth-order valence-corrected chi connectivity index (χ4v) is 1.06. The van der Waals surface area contributed by atoms with E-state index in [-0.39, 0.29) is 17.9 Å². The second-order valence-electron chi connectivity index (χ2n) is 6.26. The van der Waals surface area contributed by atoms with Crippen molar-refractivity contribution < 1.29 is 14.6 Å². The highest BCUT2D eigenvalue weighted by atomic mass is 16.6. The SMILES string of the molecule is CC(C)(C)OC(=O)[C@@H](O)C[C@@H](N)C(C)(C)C. The van der Waals surface area contributed by atoms with E-state index < -0.39 is 17.7 Å². The zero-order valence-corrected chi connectivity index (χ0v) is 11.2. The lowest BCUT2D eigenvalue weighted by molar-refractivity contribution is -0.165. The predicted octanol–water partition coefficient (Wildman–Crippen LogP) is 1.45. The van der Waals surface area contributed by atoms with Crippen LogP contribution in [-0.4, -0.2) is 28.8 Å². The molecule has 0 radical (unpaired) electrons. The average molecular weight is 231 g/mol. The Hall–Kier alpha value is -0.610. The summed E-state index contributed by atoms with van der Waals surface area (Å²) < 4.78 is 5.07. The Bertz CT molecular complexity index is 238. The maximum Gasteiger partial charge on any atom is 0.335 e. The van der Waals surface area contributed by atoms with Crippen molar-refractivity contribution in [3.05, 3.63) is 0 Å². The van der Waals surface area contributed by atoms with Gasteiger partial charge in [-0.15, -0.1) is 0 Å². The van der Waals surface area contributed by atoms with E-state index in [4.69, 9.17) is 10.5 Å². The smallest absolute Gasteiger partial charge is 0.335 e. The van der Waals surface area contributed by atoms with Gasteiger partial charge in [0.05, 0.1) is 0 Å². The number of ether oxygens (including phenoxy) is 1. The number of nitrogens with two attached hydrogens (primary N) is 1. The molecule has 2 atom stereocenters. The summed E-state index contributed by atoms with van der Waals surface area (Å²) in [5.41, 5.74) is 5.17. The van der Waals surface area contributed by atoms with Crippen molar-refractivity contribution in [3.63, 3.8) is 0 Å². The lowest BCUT2D eigenvalue weighted by Crippen LogP contribution is -2.41. The van der Waals surface area contributed by atoms with Crippen molar-refractivity contribution in [2.24, 2.45) is 11.1 Å². The van der Waals surface area contributed by atoms with Crippen molar-refractivity contribution in [2.75, 3.05) is 0 Å². The third kappa shape index (κ3) is 6.08. The fraction of sp³-hybridized carbons (Fsp3) is 0.917. The second kappa shape index (κ2) is 5.15. The van der Waals surface area contributed by atoms with Gasteiger partial charge < -0.3 is 15.6 Å². The standard InChI is InChI=1S/C12H25NO3/c1-11(2,3)9(13)7-8(14)10(15)16-12(4,5)6/h8-9,14H,7,13H2,1-6H3/t8-,9+/m0/s1. The molecule has 0 unspecified atom stereocenters. The van der Waals surface area contributed by atoms with Crippen LogP contribution in [0.1, 0.15) is 48.0 Å². The van der Waals surface area contributed by atoms with Crippen molar-refractivity contribution in [3.8, 4) is 0 Å². The summed E-state index contributed by atoms with van der Waals surface area (Å²) >= 11 is 0. The quantitative estimate of drug-likeness (QED) is 0.721. The van der Waals surface area contributed by atoms with E-state index in [0.717, 1.165) is 0 Å². The van der Waals surface area contributed by atoms with Crippen LogP contribution in [0.15, 0.2) is 0 Å². The zero-order chi connectivity index (χ0) is 13.1. The molecular formula is C12H25NO3. The van der Waals surface area contributed by atoms with Gasteiger partial charge in [0.15, 0.2) is 6.10 Å². The van der Waals surface area contributed by atoms with Crippen LogP contribution < -0.4 is 5.73 Å². The number of aliphatic hydroxyl groups is 1. The third-order valence-corrected chi connectivity index (χ3v) is 2.27. The largest absolute Gasteiger partial charge is 0.458 e. The molecule has 0 saturated carbocycles. The summed E-state index contributed by atoms with van der Waals surface area (Å²) in [6.45, 7) is 11.2. The molecule has 0 aromatic rings. The first-order valence-electron chi connectivity index (χ1n) is 5.60. The molecule has 96 valence electrons. The molecule has 3 N–H and O–H groups in total. The highest BCUT2D eigenvalue weighted by Crippen LogP contribution is 2.21. The summed E-state index contributed by atoms with van der Waals surface area (Å²) in [6, 6.07) is -0.241. The summed E-state index contributed by atoms with van der Waals surface area (Å²) in [5, 5.41) is 9.66. The Morgan fingerprint density at radius 3 is 2.00 bits per heavy atom. The van der Waals surface area contributed by atoms with E-state index in [2.05, 4.69) is 0 Å². The fourth-order valence-electron chi connectivity index (χ4n) is 1.06. The molecule has 0 rings (SSSR count). The van der Waals surface area contributed by atoms with Crippen LogP contribution in [0.4, 0.5) is 0 Å². The minimum Gasteiger partial charge on any atom is -0.458 e. The molecule has 0 aromatic heterocycles. The summed E-state index contributed by atoms with van der Waals surface area (Å²) in [6.07, 6.45) is -0.924. The first-order chi connectivity index (χ1) is 6.93. The molecule has 0 heterocycles. The average Bonchev–Trinajstić information content (AvgIpc) is 1.98. The summed E-state index contributed by atoms with van der Waals surface area (Å²) in [4.78, 5) is 11.5. The number of hydrogen-bond donors (Lipinski definition) is 2. The number of rotatable bonds is 3. The molecule has 0 amide bonds. The molecule has 0 aromatic carbocycles. The molecule has 4 nitrogen and oxygen atoms in total. The topological polar surface area (TPSA) is 72.5 Å². The van der Waals surface area contributed by atoms with Gasteiger partial charge in [0, 0.05) is 6.04 Å². The van der Waals surface area contributed by atoms with Crippen LogP contribution in [0.5, 0.6) is 0 Å². The van der Waals surface area contributed by atoms with Gasteiger partial charge >= 0.3 is 5.97 Å². The Kier molecular flexibility index (Phi) is 4.95. The van der Waals surface area contributed by atoms with Gasteiger partial charge in [0.2, 0.25) is 0 Å². The van der Waals surface area contributed by atoms with Gasteiger partial charge in [0.1, 0.15) is 5.60 Å². The van der Waals surface area contributed by atoms with Crippen molar-refractivity contribution in [1.82, 2.24) is 0 Å². The Labute approximate surface area is 98.2 Å². The molecule has 0 aliphatic heterocycles. The molecule has 0 aliphatic carbocycles. The van der Waals surface area contributed by atoms with Gasteiger partial charge in [-0.2, -0.15) is 0 Å². The maximum atomic E-state index is 11.5. The maximum absolute atomic E-state index is 11.5. The van der Waals surface area contributed by atoms with Gasteiger partial charge in [-0.05, 0) is 32.6 Å². The van der Waals surface area contributed by atoms with Gasteiger partial charge in [0.25, 0.3) is 0 Å². The first-order valence-corrected chi connectivity index (χ1v) is 5.60. The van der Waals surface area contributed by atoms with Crippen LogP contribution in [0.25, 0.3) is 0 Å². The van der Waals surface area contributed by atoms with Crippen LogP contribution in [-0.2, 0) is 9.53 Å². The summed E-state index contributed by atoms with van der Waals surface area (Å²) in [7, 11) is 0. The Balaban J connectivity index is 4.27. The lowest BCUT2D eigenvalue weighted by atomic mass is 9.84. The Morgan fingerprint density at radius 1 is 1.25 bits per heavy atom. The van der Waals surface area contributed by atoms with Crippen LogP contribution in [0.3, 0.4) is 0 Å². The molecule has 0 saturated heterocycles. The minimum atomic E-state index is -1.14. The molecule has 0 fully saturated rings. The molecule has 16 heavy (non-hydrogen) atoms. The van der Waals surface area contributed by atoms with E-state index in [1.165, 1.54) is 0 Å².